The fourth-order valence-corrected chi connectivity index (χ4v) is 1.72. The van der Waals surface area contributed by atoms with Crippen molar-refractivity contribution in [3.05, 3.63) is 12.2 Å². The summed E-state index contributed by atoms with van der Waals surface area (Å²) in [5.74, 6) is 0.419. The lowest BCUT2D eigenvalue weighted by atomic mass is 10.1. The number of aromatic nitrogens is 3. The summed E-state index contributed by atoms with van der Waals surface area (Å²) in [6.07, 6.45) is -2.61. The Hall–Kier alpha value is -1.06. The van der Waals surface area contributed by atoms with Crippen LogP contribution in [0.15, 0.2) is 6.33 Å². The van der Waals surface area contributed by atoms with E-state index in [1.807, 2.05) is 0 Å². The van der Waals surface area contributed by atoms with E-state index in [2.05, 4.69) is 10.1 Å². The molecule has 0 bridgehead atoms. The summed E-state index contributed by atoms with van der Waals surface area (Å²) in [7, 11) is 0. The molecule has 1 aromatic rings. The summed E-state index contributed by atoms with van der Waals surface area (Å²) >= 11 is 0. The molecular weight excluding hydrogens is 228 g/mol. The predicted molar refractivity (Wildman–Crippen MR) is 55.6 cm³/mol. The Morgan fingerprint density at radius 2 is 2.24 bits per heavy atom. The van der Waals surface area contributed by atoms with Gasteiger partial charge in [-0.25, -0.2) is 9.67 Å². The van der Waals surface area contributed by atoms with Gasteiger partial charge in [-0.1, -0.05) is 0 Å². The van der Waals surface area contributed by atoms with E-state index in [1.54, 1.807) is 6.92 Å². The van der Waals surface area contributed by atoms with Gasteiger partial charge in [0.1, 0.15) is 24.6 Å². The molecule has 2 rings (SSSR count). The highest BCUT2D eigenvalue weighted by atomic mass is 16.6. The lowest BCUT2D eigenvalue weighted by Crippen LogP contribution is -2.33. The van der Waals surface area contributed by atoms with Gasteiger partial charge in [0.25, 0.3) is 0 Å². The van der Waals surface area contributed by atoms with Crippen molar-refractivity contribution in [2.75, 3.05) is 6.61 Å². The van der Waals surface area contributed by atoms with E-state index < -0.39 is 24.5 Å². The van der Waals surface area contributed by atoms with Gasteiger partial charge in [0, 0.05) is 0 Å². The molecule has 0 spiro atoms. The number of rotatable bonds is 3. The molecule has 8 heteroatoms. The minimum atomic E-state index is -1.16. The van der Waals surface area contributed by atoms with Crippen LogP contribution in [-0.2, 0) is 4.74 Å². The fourth-order valence-electron chi connectivity index (χ4n) is 1.72. The number of nitrogens with two attached hydrogens (primary N) is 1. The average Bonchev–Trinajstić information content (AvgIpc) is 2.87. The molecule has 0 aromatic carbocycles. The molecular formula is C9H16N4O4. The van der Waals surface area contributed by atoms with Gasteiger partial charge in [-0.3, -0.25) is 0 Å². The smallest absolute Gasteiger partial charge is 0.180 e. The first-order valence-corrected chi connectivity index (χ1v) is 5.33. The SMILES string of the molecule is CC(N)c1ncn(C2OC(CO)C(O)C2O)n1. The zero-order valence-electron chi connectivity index (χ0n) is 9.34. The Morgan fingerprint density at radius 1 is 1.53 bits per heavy atom. The van der Waals surface area contributed by atoms with E-state index in [0.717, 1.165) is 0 Å². The van der Waals surface area contributed by atoms with Gasteiger partial charge in [0.2, 0.25) is 0 Å². The molecule has 5 atom stereocenters. The van der Waals surface area contributed by atoms with E-state index in [1.165, 1.54) is 11.0 Å². The second-order valence-electron chi connectivity index (χ2n) is 4.10. The lowest BCUT2D eigenvalue weighted by molar-refractivity contribution is -0.0589. The van der Waals surface area contributed by atoms with Crippen LogP contribution in [-0.4, -0.2) is 55.0 Å². The zero-order chi connectivity index (χ0) is 12.6. The molecule has 1 aliphatic heterocycles. The third-order valence-electron chi connectivity index (χ3n) is 2.71. The number of aliphatic hydroxyl groups excluding tert-OH is 3. The zero-order valence-corrected chi connectivity index (χ0v) is 9.34. The van der Waals surface area contributed by atoms with Gasteiger partial charge in [-0.2, -0.15) is 5.10 Å². The Bertz CT molecular complexity index is 383. The number of aliphatic hydroxyl groups is 3. The monoisotopic (exact) mass is 244 g/mol. The van der Waals surface area contributed by atoms with Crippen molar-refractivity contribution in [3.8, 4) is 0 Å². The van der Waals surface area contributed by atoms with Gasteiger partial charge in [0.15, 0.2) is 12.1 Å². The lowest BCUT2D eigenvalue weighted by Gasteiger charge is -2.14. The van der Waals surface area contributed by atoms with E-state index in [-0.39, 0.29) is 12.6 Å². The summed E-state index contributed by atoms with van der Waals surface area (Å²) in [6, 6.07) is -0.326. The Balaban J connectivity index is 2.17. The van der Waals surface area contributed by atoms with E-state index in [9.17, 15) is 10.2 Å². The molecule has 17 heavy (non-hydrogen) atoms. The third kappa shape index (κ3) is 2.17. The van der Waals surface area contributed by atoms with Crippen LogP contribution in [0.1, 0.15) is 25.0 Å². The molecule has 0 saturated carbocycles. The number of hydrogen-bond acceptors (Lipinski definition) is 7. The van der Waals surface area contributed by atoms with Crippen LogP contribution in [0, 0.1) is 0 Å². The third-order valence-corrected chi connectivity index (χ3v) is 2.71. The highest BCUT2D eigenvalue weighted by Gasteiger charge is 2.43. The highest BCUT2D eigenvalue weighted by Crippen LogP contribution is 2.28. The predicted octanol–water partition coefficient (Wildman–Crippen LogP) is -2.09. The first-order chi connectivity index (χ1) is 8.04. The van der Waals surface area contributed by atoms with Gasteiger partial charge < -0.3 is 25.8 Å². The highest BCUT2D eigenvalue weighted by molar-refractivity contribution is 4.92. The Kier molecular flexibility index (Phi) is 3.40. The Labute approximate surface area is 97.6 Å². The van der Waals surface area contributed by atoms with Gasteiger partial charge in [-0.15, -0.1) is 0 Å². The minimum Gasteiger partial charge on any atom is -0.394 e. The normalized spacial score (nSPS) is 35.1. The maximum Gasteiger partial charge on any atom is 0.180 e. The second-order valence-corrected chi connectivity index (χ2v) is 4.10. The molecule has 0 amide bonds. The van der Waals surface area contributed by atoms with Crippen molar-refractivity contribution in [1.82, 2.24) is 14.8 Å². The summed E-state index contributed by atoms with van der Waals surface area (Å²) in [5.41, 5.74) is 5.61. The maximum atomic E-state index is 9.75. The van der Waals surface area contributed by atoms with E-state index in [4.69, 9.17) is 15.6 Å². The van der Waals surface area contributed by atoms with E-state index in [0.29, 0.717) is 5.82 Å². The first-order valence-electron chi connectivity index (χ1n) is 5.33. The first kappa shape index (κ1) is 12.4. The molecule has 0 aliphatic carbocycles. The number of nitrogens with zero attached hydrogens (tertiary/aromatic N) is 3. The summed E-state index contributed by atoms with van der Waals surface area (Å²) in [5, 5.41) is 32.3. The van der Waals surface area contributed by atoms with Gasteiger partial charge in [0.05, 0.1) is 12.6 Å². The molecule has 1 aromatic heterocycles. The minimum absolute atomic E-state index is 0.326. The van der Waals surface area contributed by atoms with Gasteiger partial charge >= 0.3 is 0 Å². The summed E-state index contributed by atoms with van der Waals surface area (Å²) in [6.45, 7) is 1.36. The van der Waals surface area contributed by atoms with Crippen molar-refractivity contribution in [2.45, 2.75) is 37.5 Å². The molecule has 1 aliphatic rings. The van der Waals surface area contributed by atoms with Crippen LogP contribution in [0.25, 0.3) is 0 Å². The van der Waals surface area contributed by atoms with Crippen LogP contribution in [0.5, 0.6) is 0 Å². The average molecular weight is 244 g/mol. The van der Waals surface area contributed by atoms with Crippen LogP contribution in [0.2, 0.25) is 0 Å². The van der Waals surface area contributed by atoms with Crippen LogP contribution in [0.4, 0.5) is 0 Å². The maximum absolute atomic E-state index is 9.75. The molecule has 5 unspecified atom stereocenters. The van der Waals surface area contributed by atoms with Crippen molar-refractivity contribution in [2.24, 2.45) is 5.73 Å². The molecule has 8 nitrogen and oxygen atoms in total. The van der Waals surface area contributed by atoms with Crippen LogP contribution in [0.3, 0.4) is 0 Å². The van der Waals surface area contributed by atoms with Gasteiger partial charge in [-0.05, 0) is 6.92 Å². The van der Waals surface area contributed by atoms with Crippen LogP contribution < -0.4 is 5.73 Å². The standard InChI is InChI=1S/C9H16N4O4/c1-4(10)8-11-3-13(12-8)9-7(16)6(15)5(2-14)17-9/h3-7,9,14-16H,2,10H2,1H3. The van der Waals surface area contributed by atoms with Crippen molar-refractivity contribution in [3.63, 3.8) is 0 Å². The largest absolute Gasteiger partial charge is 0.394 e. The number of hydrogen-bond donors (Lipinski definition) is 4. The molecule has 2 heterocycles. The molecule has 5 N–H and O–H groups in total. The summed E-state index contributed by atoms with van der Waals surface area (Å²) in [4.78, 5) is 3.96. The molecule has 1 saturated heterocycles. The molecule has 96 valence electrons. The van der Waals surface area contributed by atoms with Crippen molar-refractivity contribution < 1.29 is 20.1 Å². The quantitative estimate of drug-likeness (QED) is 0.480. The molecule has 1 fully saturated rings. The Morgan fingerprint density at radius 3 is 2.71 bits per heavy atom. The van der Waals surface area contributed by atoms with Crippen molar-refractivity contribution >= 4 is 0 Å². The number of ether oxygens (including phenoxy) is 1. The van der Waals surface area contributed by atoms with Crippen molar-refractivity contribution in [1.29, 1.82) is 0 Å². The van der Waals surface area contributed by atoms with E-state index >= 15 is 0 Å². The van der Waals surface area contributed by atoms with Crippen LogP contribution >= 0.6 is 0 Å². The topological polar surface area (TPSA) is 127 Å². The second kappa shape index (κ2) is 4.67. The summed E-state index contributed by atoms with van der Waals surface area (Å²) < 4.78 is 6.58. The fraction of sp³-hybridized carbons (Fsp3) is 0.778. The molecule has 0 radical (unpaired) electrons.